The molecule has 0 fully saturated rings. The van der Waals surface area contributed by atoms with E-state index in [1.165, 1.54) is 29.5 Å². The highest BCUT2D eigenvalue weighted by Crippen LogP contribution is 2.37. The van der Waals surface area contributed by atoms with Crippen molar-refractivity contribution in [3.8, 4) is 22.2 Å². The number of alkyl halides is 5. The van der Waals surface area contributed by atoms with Gasteiger partial charge >= 0.3 is 18.7 Å². The van der Waals surface area contributed by atoms with Crippen molar-refractivity contribution in [3.05, 3.63) is 71.9 Å². The molecule has 1 amide bonds. The van der Waals surface area contributed by atoms with Crippen molar-refractivity contribution in [2.75, 3.05) is 13.2 Å². The molecule has 0 aliphatic carbocycles. The molecule has 5 rings (SSSR count). The number of sulfonamides is 1. The first-order chi connectivity index (χ1) is 20.7. The van der Waals surface area contributed by atoms with Gasteiger partial charge in [-0.15, -0.1) is 11.3 Å². The highest BCUT2D eigenvalue weighted by Gasteiger charge is 2.47. The number of carbonyl (C=O) groups is 1. The summed E-state index contributed by atoms with van der Waals surface area (Å²) in [6, 6.07) is 13.0. The number of carbonyl (C=O) groups excluding carboxylic acids is 1. The van der Waals surface area contributed by atoms with Gasteiger partial charge in [-0.25, -0.2) is 27.7 Å². The van der Waals surface area contributed by atoms with E-state index in [4.69, 9.17) is 9.72 Å². The molecule has 0 saturated heterocycles. The van der Waals surface area contributed by atoms with E-state index in [1.54, 1.807) is 32.0 Å². The van der Waals surface area contributed by atoms with E-state index in [2.05, 4.69) is 14.7 Å². The molecule has 44 heavy (non-hydrogen) atoms. The zero-order chi connectivity index (χ0) is 31.8. The summed E-state index contributed by atoms with van der Waals surface area (Å²) in [6.45, 7) is -0.991. The maximum Gasteiger partial charge on any atom is 0.472 e. The van der Waals surface area contributed by atoms with Crippen molar-refractivity contribution >= 4 is 48.5 Å². The highest BCUT2D eigenvalue weighted by atomic mass is 32.2. The topological polar surface area (TPSA) is 112 Å². The van der Waals surface area contributed by atoms with Crippen LogP contribution in [0, 0.1) is 13.8 Å². The van der Waals surface area contributed by atoms with Crippen molar-refractivity contribution in [2.24, 2.45) is 0 Å². The van der Waals surface area contributed by atoms with E-state index in [9.17, 15) is 35.2 Å². The Balaban J connectivity index is 1.42. The van der Waals surface area contributed by atoms with Crippen LogP contribution in [0.3, 0.4) is 0 Å². The fraction of sp³-hybridized carbons (Fsp3) is 0.214. The molecule has 0 aliphatic rings. The lowest BCUT2D eigenvalue weighted by Gasteiger charge is -2.23. The molecule has 0 N–H and O–H groups in total. The zero-order valence-corrected chi connectivity index (χ0v) is 24.4. The predicted octanol–water partition coefficient (Wildman–Crippen LogP) is 6.28. The number of aromatic nitrogens is 3. The predicted molar refractivity (Wildman–Crippen MR) is 151 cm³/mol. The van der Waals surface area contributed by atoms with Gasteiger partial charge in [0.25, 0.3) is 10.0 Å². The molecule has 2 heterocycles. The second kappa shape index (κ2) is 11.9. The number of rotatable bonds is 9. The summed E-state index contributed by atoms with van der Waals surface area (Å²) < 4.78 is 101. The highest BCUT2D eigenvalue weighted by molar-refractivity contribution is 7.89. The monoisotopic (exact) mass is 652 g/mol. The number of amides is 1. The van der Waals surface area contributed by atoms with Crippen LogP contribution < -0.4 is 9.47 Å². The van der Waals surface area contributed by atoms with Gasteiger partial charge in [0.1, 0.15) is 17.4 Å². The van der Waals surface area contributed by atoms with Gasteiger partial charge in [-0.05, 0) is 61.4 Å². The van der Waals surface area contributed by atoms with Gasteiger partial charge in [0.05, 0.1) is 38.9 Å². The standard InChI is InChI=1S/C28H21F5N4O5S2/c1-15-10-19(24-20(11-15)35-22(14-34-24)42-27(29)30)25-36-23-16(2)12-17(13-21(23)43-25)41-9-8-37(26(38)28(31,32)33)44(39,40)18-6-4-3-5-7-18/h3-7,10-14,27H,8-9H2,1-2H3. The Labute approximate surface area is 250 Å². The number of ether oxygens (including phenoxy) is 2. The smallest absolute Gasteiger partial charge is 0.472 e. The summed E-state index contributed by atoms with van der Waals surface area (Å²) in [5, 5.41) is 0.529. The van der Waals surface area contributed by atoms with Gasteiger partial charge in [0.15, 0.2) is 0 Å². The lowest BCUT2D eigenvalue weighted by Crippen LogP contribution is -2.46. The normalized spacial score (nSPS) is 12.2. The molecule has 9 nitrogen and oxygen atoms in total. The molecular weight excluding hydrogens is 631 g/mol. The Morgan fingerprint density at radius 2 is 1.75 bits per heavy atom. The average Bonchev–Trinajstić information content (AvgIpc) is 3.39. The SMILES string of the molecule is Cc1cc(-c2nc3c(C)cc(OCCN(C(=O)C(F)(F)F)S(=O)(=O)c4ccccc4)cc3s2)c2ncc(OC(F)F)nc2c1. The van der Waals surface area contributed by atoms with E-state index < -0.39 is 46.8 Å². The lowest BCUT2D eigenvalue weighted by molar-refractivity contribution is -0.180. The quantitative estimate of drug-likeness (QED) is 0.171. The molecule has 0 atom stereocenters. The summed E-state index contributed by atoms with van der Waals surface area (Å²) in [4.78, 5) is 24.7. The van der Waals surface area contributed by atoms with Crippen LogP contribution in [0.5, 0.6) is 11.6 Å². The third kappa shape index (κ3) is 6.40. The van der Waals surface area contributed by atoms with E-state index in [0.29, 0.717) is 37.4 Å². The van der Waals surface area contributed by atoms with E-state index >= 15 is 0 Å². The third-order valence-corrected chi connectivity index (χ3v) is 9.06. The van der Waals surface area contributed by atoms with E-state index in [-0.39, 0.29) is 15.9 Å². The van der Waals surface area contributed by atoms with Crippen molar-refractivity contribution < 1.29 is 44.6 Å². The minimum absolute atomic E-state index is 0.212. The molecule has 230 valence electrons. The van der Waals surface area contributed by atoms with Crippen molar-refractivity contribution in [1.82, 2.24) is 19.3 Å². The minimum Gasteiger partial charge on any atom is -0.492 e. The first-order valence-corrected chi connectivity index (χ1v) is 14.9. The van der Waals surface area contributed by atoms with Gasteiger partial charge in [0, 0.05) is 5.56 Å². The van der Waals surface area contributed by atoms with Crippen LogP contribution in [0.1, 0.15) is 11.1 Å². The second-order valence-electron chi connectivity index (χ2n) is 9.41. The van der Waals surface area contributed by atoms with Crippen LogP contribution in [-0.2, 0) is 14.8 Å². The lowest BCUT2D eigenvalue weighted by atomic mass is 10.1. The Morgan fingerprint density at radius 1 is 1.02 bits per heavy atom. The van der Waals surface area contributed by atoms with Gasteiger partial charge in [-0.3, -0.25) is 4.79 Å². The Morgan fingerprint density at radius 3 is 2.43 bits per heavy atom. The summed E-state index contributed by atoms with van der Waals surface area (Å²) in [5.41, 5.74) is 3.32. The zero-order valence-electron chi connectivity index (χ0n) is 22.8. The molecule has 0 aliphatic heterocycles. The molecule has 16 heteroatoms. The average molecular weight is 653 g/mol. The summed E-state index contributed by atoms with van der Waals surface area (Å²) in [7, 11) is -4.82. The van der Waals surface area contributed by atoms with Crippen LogP contribution in [0.2, 0.25) is 0 Å². The molecule has 0 radical (unpaired) electrons. The molecule has 3 aromatic carbocycles. The Bertz CT molecular complexity index is 1970. The number of thiazole rings is 1. The first kappa shape index (κ1) is 31.0. The fourth-order valence-corrected chi connectivity index (χ4v) is 6.84. The van der Waals surface area contributed by atoms with Crippen LogP contribution in [-0.4, -0.2) is 59.5 Å². The molecule has 0 spiro atoms. The molecule has 2 aromatic heterocycles. The van der Waals surface area contributed by atoms with E-state index in [1.807, 2.05) is 6.07 Å². The summed E-state index contributed by atoms with van der Waals surface area (Å²) in [6.07, 6.45) is -4.35. The van der Waals surface area contributed by atoms with Crippen molar-refractivity contribution in [3.63, 3.8) is 0 Å². The van der Waals surface area contributed by atoms with Crippen molar-refractivity contribution in [2.45, 2.75) is 31.5 Å². The Hall–Kier alpha value is -4.44. The number of hydrogen-bond acceptors (Lipinski definition) is 9. The van der Waals surface area contributed by atoms with Gasteiger partial charge in [-0.1, -0.05) is 18.2 Å². The molecule has 5 aromatic rings. The molecule has 0 bridgehead atoms. The number of benzene rings is 3. The third-order valence-electron chi connectivity index (χ3n) is 6.23. The number of hydrogen-bond donors (Lipinski definition) is 0. The largest absolute Gasteiger partial charge is 0.492 e. The summed E-state index contributed by atoms with van der Waals surface area (Å²) >= 11 is 1.25. The number of aryl methyl sites for hydroxylation is 2. The maximum absolute atomic E-state index is 13.3. The first-order valence-electron chi connectivity index (χ1n) is 12.7. The second-order valence-corrected chi connectivity index (χ2v) is 12.3. The van der Waals surface area contributed by atoms with Crippen LogP contribution >= 0.6 is 11.3 Å². The summed E-state index contributed by atoms with van der Waals surface area (Å²) in [5.74, 6) is -2.66. The number of fused-ring (bicyclic) bond motifs is 2. The maximum atomic E-state index is 13.3. The van der Waals surface area contributed by atoms with Crippen LogP contribution in [0.15, 0.2) is 65.7 Å². The number of nitrogens with zero attached hydrogens (tertiary/aromatic N) is 4. The molecule has 0 saturated carbocycles. The number of halogens is 5. The Kier molecular flexibility index (Phi) is 8.40. The van der Waals surface area contributed by atoms with Crippen LogP contribution in [0.4, 0.5) is 22.0 Å². The molecule has 0 unspecified atom stereocenters. The van der Waals surface area contributed by atoms with Gasteiger partial charge < -0.3 is 9.47 Å². The minimum atomic E-state index is -5.43. The van der Waals surface area contributed by atoms with Gasteiger partial charge in [-0.2, -0.15) is 22.0 Å². The molecular formula is C28H21F5N4O5S2. The van der Waals surface area contributed by atoms with E-state index in [0.717, 1.165) is 23.9 Å². The fourth-order valence-electron chi connectivity index (χ4n) is 4.36. The van der Waals surface area contributed by atoms with Gasteiger partial charge in [0.2, 0.25) is 5.88 Å². The van der Waals surface area contributed by atoms with Crippen LogP contribution in [0.25, 0.3) is 31.8 Å². The van der Waals surface area contributed by atoms with Crippen molar-refractivity contribution in [1.29, 1.82) is 0 Å².